The van der Waals surface area contributed by atoms with Gasteiger partial charge in [0.05, 0.1) is 19.2 Å². The number of anilines is 2. The molecule has 0 atom stereocenters. The molecule has 4 rings (SSSR count). The van der Waals surface area contributed by atoms with Crippen LogP contribution in [0.1, 0.15) is 20.3 Å². The number of rotatable bonds is 7. The van der Waals surface area contributed by atoms with Crippen molar-refractivity contribution < 1.29 is 19.1 Å². The van der Waals surface area contributed by atoms with Crippen molar-refractivity contribution in [2.24, 2.45) is 5.10 Å². The molecular formula is C27H27N5O4. The van der Waals surface area contributed by atoms with E-state index in [0.29, 0.717) is 22.8 Å². The van der Waals surface area contributed by atoms with Gasteiger partial charge in [0.2, 0.25) is 5.91 Å². The minimum absolute atomic E-state index is 0.0524. The standard InChI is InChI=1S/C27H27N5O4/c1-4-32-22-11-7-5-9-19(22)20-16-18(13-14-23(20)32)28-25(33)15-17(2)30-31-27(35)26(34)29-21-10-6-8-12-24(21)36-3/h5-14,16H,4,15H2,1-3H3,(H,28,33)(H,29,34)(H,31,35)/b30-17+. The Hall–Kier alpha value is -4.66. The van der Waals surface area contributed by atoms with Crippen molar-refractivity contribution in [2.45, 2.75) is 26.8 Å². The van der Waals surface area contributed by atoms with Crippen LogP contribution in [0.15, 0.2) is 71.8 Å². The summed E-state index contributed by atoms with van der Waals surface area (Å²) in [4.78, 5) is 36.8. The zero-order chi connectivity index (χ0) is 25.7. The Labute approximate surface area is 208 Å². The number of carbonyl (C=O) groups excluding carboxylic acids is 3. The van der Waals surface area contributed by atoms with Gasteiger partial charge < -0.3 is 19.9 Å². The molecular weight excluding hydrogens is 458 g/mol. The van der Waals surface area contributed by atoms with Gasteiger partial charge in [-0.1, -0.05) is 30.3 Å². The molecule has 3 amide bonds. The van der Waals surface area contributed by atoms with E-state index in [9.17, 15) is 14.4 Å². The lowest BCUT2D eigenvalue weighted by atomic mass is 10.1. The Morgan fingerprint density at radius 2 is 1.61 bits per heavy atom. The van der Waals surface area contributed by atoms with E-state index < -0.39 is 11.8 Å². The second kappa shape index (κ2) is 10.7. The SMILES string of the molecule is CCn1c2ccccc2c2cc(NC(=O)C/C(C)=N/NC(=O)C(=O)Nc3ccccc3OC)ccc21. The third-order valence-electron chi connectivity index (χ3n) is 5.70. The smallest absolute Gasteiger partial charge is 0.329 e. The van der Waals surface area contributed by atoms with Crippen molar-refractivity contribution in [1.29, 1.82) is 0 Å². The van der Waals surface area contributed by atoms with Gasteiger partial charge >= 0.3 is 11.8 Å². The number of methoxy groups -OCH3 is 1. The Bertz CT molecular complexity index is 1490. The minimum Gasteiger partial charge on any atom is -0.495 e. The van der Waals surface area contributed by atoms with Crippen molar-refractivity contribution in [1.82, 2.24) is 9.99 Å². The van der Waals surface area contributed by atoms with Gasteiger partial charge in [-0.15, -0.1) is 0 Å². The van der Waals surface area contributed by atoms with Crippen LogP contribution >= 0.6 is 0 Å². The van der Waals surface area contributed by atoms with Crippen LogP contribution in [-0.2, 0) is 20.9 Å². The third-order valence-corrected chi connectivity index (χ3v) is 5.70. The molecule has 36 heavy (non-hydrogen) atoms. The Morgan fingerprint density at radius 3 is 2.39 bits per heavy atom. The first-order valence-electron chi connectivity index (χ1n) is 11.5. The van der Waals surface area contributed by atoms with E-state index in [0.717, 1.165) is 28.4 Å². The number of aromatic nitrogens is 1. The maximum Gasteiger partial charge on any atom is 0.329 e. The fourth-order valence-corrected chi connectivity index (χ4v) is 4.07. The first-order chi connectivity index (χ1) is 17.4. The largest absolute Gasteiger partial charge is 0.495 e. The summed E-state index contributed by atoms with van der Waals surface area (Å²) in [5.74, 6) is -1.73. The summed E-state index contributed by atoms with van der Waals surface area (Å²) in [5.41, 5.74) is 5.79. The number of hydrogen-bond donors (Lipinski definition) is 3. The average molecular weight is 486 g/mol. The summed E-state index contributed by atoms with van der Waals surface area (Å²) < 4.78 is 7.38. The minimum atomic E-state index is -0.960. The van der Waals surface area contributed by atoms with Gasteiger partial charge in [-0.05, 0) is 50.2 Å². The van der Waals surface area contributed by atoms with Crippen LogP contribution in [-0.4, -0.2) is 35.1 Å². The summed E-state index contributed by atoms with van der Waals surface area (Å²) in [6.07, 6.45) is -0.0524. The van der Waals surface area contributed by atoms with Crippen molar-refractivity contribution in [3.05, 3.63) is 66.7 Å². The van der Waals surface area contributed by atoms with Gasteiger partial charge in [0.25, 0.3) is 0 Å². The molecule has 0 unspecified atom stereocenters. The molecule has 1 heterocycles. The van der Waals surface area contributed by atoms with E-state index >= 15 is 0 Å². The molecule has 0 radical (unpaired) electrons. The van der Waals surface area contributed by atoms with Gasteiger partial charge in [0.1, 0.15) is 5.75 Å². The molecule has 9 heteroatoms. The van der Waals surface area contributed by atoms with E-state index in [-0.39, 0.29) is 12.3 Å². The summed E-state index contributed by atoms with van der Waals surface area (Å²) in [7, 11) is 1.46. The molecule has 0 bridgehead atoms. The number of hydrazone groups is 1. The number of aryl methyl sites for hydroxylation is 1. The Balaban J connectivity index is 1.37. The monoisotopic (exact) mass is 485 g/mol. The Kier molecular flexibility index (Phi) is 7.29. The van der Waals surface area contributed by atoms with Crippen LogP contribution in [0.5, 0.6) is 5.75 Å². The number of benzene rings is 3. The maximum atomic E-state index is 12.6. The molecule has 0 aliphatic rings. The summed E-state index contributed by atoms with van der Waals surface area (Å²) >= 11 is 0. The molecule has 0 spiro atoms. The highest BCUT2D eigenvalue weighted by Gasteiger charge is 2.16. The fourth-order valence-electron chi connectivity index (χ4n) is 4.07. The van der Waals surface area contributed by atoms with Crippen LogP contribution in [0.25, 0.3) is 21.8 Å². The summed E-state index contributed by atoms with van der Waals surface area (Å²) in [6, 6.07) is 20.7. The van der Waals surface area contributed by atoms with Crippen molar-refractivity contribution >= 4 is 56.6 Å². The number of fused-ring (bicyclic) bond motifs is 3. The van der Waals surface area contributed by atoms with Crippen LogP contribution in [0, 0.1) is 0 Å². The second-order valence-corrected chi connectivity index (χ2v) is 8.16. The molecule has 4 aromatic rings. The van der Waals surface area contributed by atoms with E-state index in [1.54, 1.807) is 31.2 Å². The number of amides is 3. The lowest BCUT2D eigenvalue weighted by Gasteiger charge is -2.09. The van der Waals surface area contributed by atoms with Crippen LogP contribution < -0.4 is 20.8 Å². The Morgan fingerprint density at radius 1 is 0.889 bits per heavy atom. The first-order valence-corrected chi connectivity index (χ1v) is 11.5. The second-order valence-electron chi connectivity index (χ2n) is 8.16. The first kappa shape index (κ1) is 24.5. The summed E-state index contributed by atoms with van der Waals surface area (Å²) in [6.45, 7) is 4.54. The number of ether oxygens (including phenoxy) is 1. The molecule has 3 aromatic carbocycles. The lowest BCUT2D eigenvalue weighted by molar-refractivity contribution is -0.136. The molecule has 184 valence electrons. The lowest BCUT2D eigenvalue weighted by Crippen LogP contribution is -2.33. The molecule has 0 aliphatic heterocycles. The number of hydrogen-bond acceptors (Lipinski definition) is 5. The molecule has 0 saturated heterocycles. The van der Waals surface area contributed by atoms with E-state index in [1.165, 1.54) is 7.11 Å². The molecule has 0 aliphatic carbocycles. The fraction of sp³-hybridized carbons (Fsp3) is 0.185. The van der Waals surface area contributed by atoms with Gasteiger partial charge in [-0.25, -0.2) is 5.43 Å². The van der Waals surface area contributed by atoms with Crippen molar-refractivity contribution in [3.8, 4) is 5.75 Å². The predicted octanol–water partition coefficient (Wildman–Crippen LogP) is 4.28. The van der Waals surface area contributed by atoms with Crippen LogP contribution in [0.4, 0.5) is 11.4 Å². The van der Waals surface area contributed by atoms with Crippen LogP contribution in [0.3, 0.4) is 0 Å². The average Bonchev–Trinajstić information content (AvgIpc) is 3.20. The van der Waals surface area contributed by atoms with Crippen molar-refractivity contribution in [3.63, 3.8) is 0 Å². The molecule has 1 aromatic heterocycles. The maximum absolute atomic E-state index is 12.6. The third kappa shape index (κ3) is 5.20. The van der Waals surface area contributed by atoms with E-state index in [2.05, 4.69) is 44.8 Å². The van der Waals surface area contributed by atoms with Crippen LogP contribution in [0.2, 0.25) is 0 Å². The van der Waals surface area contributed by atoms with Crippen molar-refractivity contribution in [2.75, 3.05) is 17.7 Å². The van der Waals surface area contributed by atoms with Gasteiger partial charge in [-0.2, -0.15) is 5.10 Å². The van der Waals surface area contributed by atoms with E-state index in [4.69, 9.17) is 4.74 Å². The molecule has 0 saturated carbocycles. The predicted molar refractivity (Wildman–Crippen MR) is 141 cm³/mol. The zero-order valence-corrected chi connectivity index (χ0v) is 20.3. The van der Waals surface area contributed by atoms with Gasteiger partial charge in [0, 0.05) is 39.7 Å². The quantitative estimate of drug-likeness (QED) is 0.206. The topological polar surface area (TPSA) is 114 Å². The molecule has 9 nitrogen and oxygen atoms in total. The molecule has 0 fully saturated rings. The van der Waals surface area contributed by atoms with E-state index in [1.807, 2.05) is 30.3 Å². The number of carbonyl (C=O) groups is 3. The zero-order valence-electron chi connectivity index (χ0n) is 20.3. The summed E-state index contributed by atoms with van der Waals surface area (Å²) in [5, 5.41) is 11.4. The highest BCUT2D eigenvalue weighted by atomic mass is 16.5. The highest BCUT2D eigenvalue weighted by Crippen LogP contribution is 2.31. The molecule has 3 N–H and O–H groups in total. The normalized spacial score (nSPS) is 11.4. The highest BCUT2D eigenvalue weighted by molar-refractivity contribution is 6.39. The number of nitrogens with one attached hydrogen (secondary N) is 3. The van der Waals surface area contributed by atoms with Gasteiger partial charge in [-0.3, -0.25) is 14.4 Å². The number of para-hydroxylation sites is 3. The van der Waals surface area contributed by atoms with Gasteiger partial charge in [0.15, 0.2) is 0 Å². The number of nitrogens with zero attached hydrogens (tertiary/aromatic N) is 2.